The molecule has 3 N–H and O–H groups in total. The van der Waals surface area contributed by atoms with Crippen LogP contribution < -0.4 is 15.0 Å². The lowest BCUT2D eigenvalue weighted by Gasteiger charge is -2.15. The van der Waals surface area contributed by atoms with E-state index in [-0.39, 0.29) is 23.9 Å². The van der Waals surface area contributed by atoms with Gasteiger partial charge in [0.1, 0.15) is 17.3 Å². The van der Waals surface area contributed by atoms with Gasteiger partial charge in [0.05, 0.1) is 19.9 Å². The summed E-state index contributed by atoms with van der Waals surface area (Å²) in [5.41, 5.74) is 2.60. The first-order valence-corrected chi connectivity index (χ1v) is 10.9. The van der Waals surface area contributed by atoms with Gasteiger partial charge in [-0.1, -0.05) is 13.0 Å². The molecule has 8 nitrogen and oxygen atoms in total. The van der Waals surface area contributed by atoms with Gasteiger partial charge in [-0.15, -0.1) is 0 Å². The molecule has 1 amide bonds. The zero-order chi connectivity index (χ0) is 24.6. The van der Waals surface area contributed by atoms with Crippen molar-refractivity contribution >= 4 is 30.1 Å². The van der Waals surface area contributed by atoms with Crippen molar-refractivity contribution in [2.45, 2.75) is 32.4 Å². The molecular weight excluding hydrogens is 442 g/mol. The molecule has 1 fully saturated rings. The fraction of sp³-hybridized carbons (Fsp3) is 0.375. The van der Waals surface area contributed by atoms with Crippen LogP contribution in [0.5, 0.6) is 5.75 Å². The van der Waals surface area contributed by atoms with Gasteiger partial charge in [-0.3, -0.25) is 9.69 Å². The molecule has 2 heterocycles. The number of methoxy groups -OCH3 is 1. The second kappa shape index (κ2) is 9.02. The number of carbonyl (C=O) groups is 1. The van der Waals surface area contributed by atoms with E-state index in [1.807, 2.05) is 13.1 Å². The van der Waals surface area contributed by atoms with Crippen LogP contribution in [0.25, 0.3) is 0 Å². The van der Waals surface area contributed by atoms with E-state index in [4.69, 9.17) is 15.6 Å². The number of rotatable bonds is 8. The van der Waals surface area contributed by atoms with E-state index >= 15 is 0 Å². The van der Waals surface area contributed by atoms with Crippen LogP contribution in [0.15, 0.2) is 30.3 Å². The molecule has 178 valence electrons. The van der Waals surface area contributed by atoms with Crippen molar-refractivity contribution in [2.24, 2.45) is 11.8 Å². The van der Waals surface area contributed by atoms with Crippen LogP contribution in [0.2, 0.25) is 0 Å². The number of nitrogens with zero attached hydrogens (tertiary/aromatic N) is 3. The number of amidine groups is 1. The van der Waals surface area contributed by atoms with Crippen LogP contribution in [-0.4, -0.2) is 53.9 Å². The maximum atomic E-state index is 13.4. The molecule has 1 saturated carbocycles. The topological polar surface area (TPSA) is 105 Å². The molecule has 1 aliphatic heterocycles. The van der Waals surface area contributed by atoms with Crippen molar-refractivity contribution in [2.75, 3.05) is 19.1 Å². The van der Waals surface area contributed by atoms with Crippen molar-refractivity contribution in [3.05, 3.63) is 52.7 Å². The first-order chi connectivity index (χ1) is 16.2. The molecule has 1 aromatic heterocycles. The first-order valence-electron chi connectivity index (χ1n) is 10.9. The number of hydrogen-bond donors (Lipinski definition) is 3. The Bertz CT molecular complexity index is 1200. The summed E-state index contributed by atoms with van der Waals surface area (Å²) in [7, 11) is 3.38. The first kappa shape index (κ1) is 23.6. The molecule has 34 heavy (non-hydrogen) atoms. The van der Waals surface area contributed by atoms with Gasteiger partial charge in [-0.2, -0.15) is 10.8 Å². The largest absolute Gasteiger partial charge is 0.497 e. The fourth-order valence-electron chi connectivity index (χ4n) is 4.29. The summed E-state index contributed by atoms with van der Waals surface area (Å²) < 4.78 is 33.4. The lowest BCUT2D eigenvalue weighted by molar-refractivity contribution is -0.257. The maximum absolute atomic E-state index is 13.4. The molecular formula is C24H27F2N6O2+. The summed E-state index contributed by atoms with van der Waals surface area (Å²) in [4.78, 5) is 19.2. The predicted octanol–water partition coefficient (Wildman–Crippen LogP) is 3.28. The van der Waals surface area contributed by atoms with Gasteiger partial charge in [0.25, 0.3) is 17.7 Å². The van der Waals surface area contributed by atoms with Gasteiger partial charge in [-0.05, 0) is 42.4 Å². The third kappa shape index (κ3) is 4.33. The number of hydrogen-bond acceptors (Lipinski definition) is 6. The minimum absolute atomic E-state index is 0.130. The SMILES string of the molecule is CNCc1cc(OC)cc2c1CN(c1cccc(C(=N)[N+](C=N)=CC(C)[C@H]3CC3(F)F)n1)C2=O. The quantitative estimate of drug-likeness (QED) is 0.313. The minimum atomic E-state index is -2.69. The van der Waals surface area contributed by atoms with Crippen LogP contribution >= 0.6 is 0 Å². The number of amides is 1. The average Bonchev–Trinajstić information content (AvgIpc) is 3.35. The molecule has 2 aromatic rings. The third-order valence-electron chi connectivity index (χ3n) is 6.27. The number of fused-ring (bicyclic) bond motifs is 1. The number of alkyl halides is 2. The summed E-state index contributed by atoms with van der Waals surface area (Å²) in [5.74, 6) is -3.37. The molecule has 2 aliphatic rings. The number of ether oxygens (including phenoxy) is 1. The highest BCUT2D eigenvalue weighted by atomic mass is 19.3. The average molecular weight is 470 g/mol. The molecule has 0 spiro atoms. The van der Waals surface area contributed by atoms with E-state index in [2.05, 4.69) is 10.3 Å². The smallest absolute Gasteiger partial charge is 0.284 e. The summed E-state index contributed by atoms with van der Waals surface area (Å²) >= 11 is 0. The van der Waals surface area contributed by atoms with E-state index in [0.29, 0.717) is 30.2 Å². The zero-order valence-electron chi connectivity index (χ0n) is 19.2. The Morgan fingerprint density at radius 1 is 1.44 bits per heavy atom. The van der Waals surface area contributed by atoms with E-state index in [1.165, 1.54) is 15.7 Å². The molecule has 10 heteroatoms. The Morgan fingerprint density at radius 2 is 2.18 bits per heavy atom. The minimum Gasteiger partial charge on any atom is -0.497 e. The summed E-state index contributed by atoms with van der Waals surface area (Å²) in [6.45, 7) is 2.55. The fourth-order valence-corrected chi connectivity index (χ4v) is 4.29. The molecule has 0 saturated heterocycles. The Hall–Kier alpha value is -3.53. The number of carbonyl (C=O) groups excluding carboxylic acids is 1. The second-order valence-corrected chi connectivity index (χ2v) is 8.58. The number of aromatic nitrogens is 1. The van der Waals surface area contributed by atoms with Crippen LogP contribution in [0.4, 0.5) is 14.6 Å². The predicted molar refractivity (Wildman–Crippen MR) is 125 cm³/mol. The van der Waals surface area contributed by atoms with Gasteiger partial charge in [-0.25, -0.2) is 18.3 Å². The van der Waals surface area contributed by atoms with Gasteiger partial charge in [0.2, 0.25) is 6.34 Å². The number of benzene rings is 1. The van der Waals surface area contributed by atoms with Crippen molar-refractivity contribution in [3.63, 3.8) is 0 Å². The Balaban J connectivity index is 1.61. The van der Waals surface area contributed by atoms with Crippen LogP contribution in [-0.2, 0) is 13.1 Å². The Kier molecular flexibility index (Phi) is 6.26. The van der Waals surface area contributed by atoms with Gasteiger partial charge >= 0.3 is 0 Å². The number of pyridine rings is 1. The highest BCUT2D eigenvalue weighted by Crippen LogP contribution is 2.52. The van der Waals surface area contributed by atoms with E-state index in [9.17, 15) is 13.6 Å². The van der Waals surface area contributed by atoms with Crippen LogP contribution in [0.1, 0.15) is 40.5 Å². The standard InChI is InChI=1S/C24H27F2N6O2/c1-14(19-9-24(19,25)26)11-31(13-27)22(28)20-5-4-6-21(30-20)32-12-18-15(10-29-2)7-16(34-3)8-17(18)23(32)33/h4-8,11,13-14,19,27-29H,9-10,12H2,1-3H3/q+1/t14?,19-/m1/s1. The lowest BCUT2D eigenvalue weighted by Crippen LogP contribution is -2.27. The number of nitrogens with one attached hydrogen (secondary N) is 3. The van der Waals surface area contributed by atoms with Crippen molar-refractivity contribution in [3.8, 4) is 5.75 Å². The normalized spacial score (nSPS) is 19.6. The van der Waals surface area contributed by atoms with Gasteiger partial charge in [0, 0.05) is 30.4 Å². The second-order valence-electron chi connectivity index (χ2n) is 8.58. The molecule has 4 rings (SSSR count). The molecule has 2 atom stereocenters. The van der Waals surface area contributed by atoms with Crippen LogP contribution in [0.3, 0.4) is 0 Å². The zero-order valence-corrected chi connectivity index (χ0v) is 19.2. The highest BCUT2D eigenvalue weighted by Gasteiger charge is 2.59. The molecule has 1 aromatic carbocycles. The Morgan fingerprint density at radius 3 is 2.79 bits per heavy atom. The summed E-state index contributed by atoms with van der Waals surface area (Å²) in [5, 5.41) is 19.3. The maximum Gasteiger partial charge on any atom is 0.284 e. The monoisotopic (exact) mass is 469 g/mol. The van der Waals surface area contributed by atoms with Crippen molar-refractivity contribution in [1.82, 2.24) is 10.3 Å². The van der Waals surface area contributed by atoms with E-state index in [0.717, 1.165) is 17.5 Å². The lowest BCUT2D eigenvalue weighted by atomic mass is 10.0. The molecule has 1 unspecified atom stereocenters. The molecule has 0 bridgehead atoms. The summed E-state index contributed by atoms with van der Waals surface area (Å²) in [6.07, 6.45) is 2.17. The third-order valence-corrected chi connectivity index (χ3v) is 6.27. The molecule has 0 radical (unpaired) electrons. The van der Waals surface area contributed by atoms with Gasteiger partial charge in [0.15, 0.2) is 0 Å². The number of halogens is 2. The van der Waals surface area contributed by atoms with Crippen LogP contribution in [0, 0.1) is 22.7 Å². The Labute approximate surface area is 196 Å². The molecule has 1 aliphatic carbocycles. The van der Waals surface area contributed by atoms with Gasteiger partial charge < -0.3 is 10.1 Å². The highest BCUT2D eigenvalue weighted by molar-refractivity contribution is 6.10. The summed E-state index contributed by atoms with van der Waals surface area (Å²) in [6, 6.07) is 8.56. The number of anilines is 1. The van der Waals surface area contributed by atoms with Crippen molar-refractivity contribution in [1.29, 1.82) is 10.8 Å². The van der Waals surface area contributed by atoms with E-state index < -0.39 is 17.8 Å². The van der Waals surface area contributed by atoms with E-state index in [1.54, 1.807) is 38.3 Å². The van der Waals surface area contributed by atoms with Crippen molar-refractivity contribution < 1.29 is 22.9 Å².